The first-order chi connectivity index (χ1) is 16.0. The minimum atomic E-state index is -0.472. The molecule has 3 heterocycles. The zero-order valence-corrected chi connectivity index (χ0v) is 18.2. The molecule has 0 fully saturated rings. The number of rotatable bonds is 5. The molecule has 0 saturated heterocycles. The fourth-order valence-corrected chi connectivity index (χ4v) is 3.72. The second kappa shape index (κ2) is 8.36. The molecule has 2 aromatic carbocycles. The largest absolute Gasteiger partial charge is 0.350 e. The molecule has 10 heteroatoms. The number of para-hydroxylation sites is 1. The molecule has 0 aliphatic carbocycles. The summed E-state index contributed by atoms with van der Waals surface area (Å²) in [6.45, 7) is 1.54. The van der Waals surface area contributed by atoms with E-state index in [9.17, 15) is 9.59 Å². The molecule has 33 heavy (non-hydrogen) atoms. The Balaban J connectivity index is 1.47. The summed E-state index contributed by atoms with van der Waals surface area (Å²) in [5.41, 5.74) is 2.42. The second-order valence-corrected chi connectivity index (χ2v) is 7.73. The van der Waals surface area contributed by atoms with Gasteiger partial charge in [0.15, 0.2) is 5.65 Å². The third kappa shape index (κ3) is 3.90. The number of aryl methyl sites for hydroxylation is 1. The number of carbonyl (C=O) groups is 1. The van der Waals surface area contributed by atoms with Crippen LogP contribution in [-0.2, 0) is 11.3 Å². The molecule has 164 valence electrons. The number of nitrogens with one attached hydrogen (secondary N) is 1. The van der Waals surface area contributed by atoms with Crippen molar-refractivity contribution in [2.75, 3.05) is 5.32 Å². The number of anilines is 1. The van der Waals surface area contributed by atoms with Gasteiger partial charge in [0.25, 0.3) is 5.89 Å². The summed E-state index contributed by atoms with van der Waals surface area (Å²) in [6, 6.07) is 18.1. The molecule has 0 radical (unpaired) electrons. The third-order valence-electron chi connectivity index (χ3n) is 5.08. The third-order valence-corrected chi connectivity index (χ3v) is 5.39. The number of fused-ring (bicyclic) bond motifs is 1. The highest BCUT2D eigenvalue weighted by molar-refractivity contribution is 6.33. The van der Waals surface area contributed by atoms with Crippen molar-refractivity contribution in [1.29, 1.82) is 0 Å². The minimum Gasteiger partial charge on any atom is -0.333 e. The molecule has 1 amide bonds. The fraction of sp³-hybridized carbons (Fsp3) is 0.0870. The highest BCUT2D eigenvalue weighted by Gasteiger charge is 2.19. The molecule has 9 nitrogen and oxygen atoms in total. The Morgan fingerprint density at radius 2 is 1.91 bits per heavy atom. The van der Waals surface area contributed by atoms with Crippen LogP contribution < -0.4 is 11.0 Å². The molecule has 0 bridgehead atoms. The van der Waals surface area contributed by atoms with Crippen molar-refractivity contribution < 1.29 is 9.32 Å². The summed E-state index contributed by atoms with van der Waals surface area (Å²) < 4.78 is 7.84. The van der Waals surface area contributed by atoms with Crippen molar-refractivity contribution in [2.45, 2.75) is 13.5 Å². The molecule has 0 aliphatic rings. The Hall–Kier alpha value is -4.24. The minimum absolute atomic E-state index is 0.216. The SMILES string of the molecule is Cc1cccc(Cl)c1NC(=O)Cn1nc2c(-c3nc(-c4ccccc4)no3)cccn2c1=O. The van der Waals surface area contributed by atoms with Gasteiger partial charge in [0.2, 0.25) is 11.7 Å². The number of hydrogen-bond donors (Lipinski definition) is 1. The highest BCUT2D eigenvalue weighted by atomic mass is 35.5. The summed E-state index contributed by atoms with van der Waals surface area (Å²) in [5, 5.41) is 11.5. The van der Waals surface area contributed by atoms with E-state index >= 15 is 0 Å². The number of pyridine rings is 1. The maximum absolute atomic E-state index is 12.9. The molecule has 3 aromatic heterocycles. The lowest BCUT2D eigenvalue weighted by molar-refractivity contribution is -0.117. The van der Waals surface area contributed by atoms with Crippen LogP contribution in [0.2, 0.25) is 5.02 Å². The van der Waals surface area contributed by atoms with E-state index < -0.39 is 11.6 Å². The van der Waals surface area contributed by atoms with Gasteiger partial charge in [-0.2, -0.15) is 4.98 Å². The lowest BCUT2D eigenvalue weighted by atomic mass is 10.2. The van der Waals surface area contributed by atoms with Gasteiger partial charge in [-0.1, -0.05) is 59.2 Å². The maximum Gasteiger partial charge on any atom is 0.350 e. The van der Waals surface area contributed by atoms with E-state index in [0.717, 1.165) is 15.8 Å². The van der Waals surface area contributed by atoms with Gasteiger partial charge in [-0.05, 0) is 30.7 Å². The molecular formula is C23H17ClN6O3. The van der Waals surface area contributed by atoms with Crippen molar-refractivity contribution in [2.24, 2.45) is 0 Å². The fourth-order valence-electron chi connectivity index (χ4n) is 3.45. The van der Waals surface area contributed by atoms with Crippen LogP contribution in [0.5, 0.6) is 0 Å². The van der Waals surface area contributed by atoms with E-state index in [0.29, 0.717) is 27.7 Å². The molecule has 0 aliphatic heterocycles. The predicted molar refractivity (Wildman–Crippen MR) is 123 cm³/mol. The van der Waals surface area contributed by atoms with Gasteiger partial charge in [-0.25, -0.2) is 13.9 Å². The van der Waals surface area contributed by atoms with E-state index in [1.807, 2.05) is 43.3 Å². The topological polar surface area (TPSA) is 107 Å². The van der Waals surface area contributed by atoms with Crippen LogP contribution in [0.3, 0.4) is 0 Å². The maximum atomic E-state index is 12.9. The normalized spacial score (nSPS) is 11.1. The standard InChI is InChI=1S/C23H17ClN6O3/c1-14-7-5-11-17(24)19(14)25-18(31)13-30-23(32)29-12-6-10-16(21(29)27-30)22-26-20(28-33-22)15-8-3-2-4-9-15/h2-12H,13H2,1H3,(H,25,31). The number of halogens is 1. The lowest BCUT2D eigenvalue weighted by Crippen LogP contribution is -2.28. The summed E-state index contributed by atoms with van der Waals surface area (Å²) in [7, 11) is 0. The Labute approximate surface area is 192 Å². The summed E-state index contributed by atoms with van der Waals surface area (Å²) >= 11 is 6.18. The summed E-state index contributed by atoms with van der Waals surface area (Å²) in [4.78, 5) is 29.9. The molecule has 0 atom stereocenters. The van der Waals surface area contributed by atoms with Gasteiger partial charge in [0.1, 0.15) is 6.54 Å². The van der Waals surface area contributed by atoms with Crippen LogP contribution in [-0.4, -0.2) is 30.2 Å². The first-order valence-electron chi connectivity index (χ1n) is 10.0. The van der Waals surface area contributed by atoms with Gasteiger partial charge < -0.3 is 9.84 Å². The first-order valence-corrected chi connectivity index (χ1v) is 10.4. The van der Waals surface area contributed by atoms with E-state index in [1.165, 1.54) is 4.40 Å². The molecule has 0 unspecified atom stereocenters. The van der Waals surface area contributed by atoms with E-state index in [2.05, 4.69) is 20.6 Å². The molecule has 1 N–H and O–H groups in total. The van der Waals surface area contributed by atoms with E-state index in [4.69, 9.17) is 16.1 Å². The Kier molecular flexibility index (Phi) is 5.23. The number of hydrogen-bond acceptors (Lipinski definition) is 6. The first kappa shape index (κ1) is 20.7. The number of benzene rings is 2. The molecular weight excluding hydrogens is 444 g/mol. The molecule has 0 saturated carbocycles. The molecule has 0 spiro atoms. The zero-order valence-electron chi connectivity index (χ0n) is 17.4. The van der Waals surface area contributed by atoms with Crippen LogP contribution in [0.4, 0.5) is 5.69 Å². The van der Waals surface area contributed by atoms with Crippen molar-refractivity contribution in [1.82, 2.24) is 24.3 Å². The quantitative estimate of drug-likeness (QED) is 0.427. The highest BCUT2D eigenvalue weighted by Crippen LogP contribution is 2.26. The molecule has 5 aromatic rings. The van der Waals surface area contributed by atoms with Crippen LogP contribution >= 0.6 is 11.6 Å². The van der Waals surface area contributed by atoms with Crippen molar-refractivity contribution in [3.63, 3.8) is 0 Å². The van der Waals surface area contributed by atoms with Gasteiger partial charge in [-0.15, -0.1) is 5.10 Å². The van der Waals surface area contributed by atoms with Crippen molar-refractivity contribution in [3.05, 3.63) is 87.9 Å². The van der Waals surface area contributed by atoms with Crippen molar-refractivity contribution in [3.8, 4) is 22.8 Å². The monoisotopic (exact) mass is 460 g/mol. The van der Waals surface area contributed by atoms with Crippen LogP contribution in [0.1, 0.15) is 5.56 Å². The average molecular weight is 461 g/mol. The number of amides is 1. The van der Waals surface area contributed by atoms with Gasteiger partial charge in [0.05, 0.1) is 16.3 Å². The smallest absolute Gasteiger partial charge is 0.333 e. The van der Waals surface area contributed by atoms with Crippen LogP contribution in [0, 0.1) is 6.92 Å². The number of nitrogens with zero attached hydrogens (tertiary/aromatic N) is 5. The van der Waals surface area contributed by atoms with Crippen molar-refractivity contribution >= 4 is 28.8 Å². The van der Waals surface area contributed by atoms with E-state index in [-0.39, 0.29) is 12.4 Å². The van der Waals surface area contributed by atoms with Gasteiger partial charge in [0, 0.05) is 11.8 Å². The Morgan fingerprint density at radius 3 is 2.70 bits per heavy atom. The Bertz CT molecular complexity index is 1520. The van der Waals surface area contributed by atoms with Gasteiger partial charge in [-0.3, -0.25) is 4.79 Å². The predicted octanol–water partition coefficient (Wildman–Crippen LogP) is 3.81. The van der Waals surface area contributed by atoms with E-state index in [1.54, 1.807) is 30.5 Å². The average Bonchev–Trinajstić information content (AvgIpc) is 3.43. The number of aromatic nitrogens is 5. The molecule has 5 rings (SSSR count). The Morgan fingerprint density at radius 1 is 1.09 bits per heavy atom. The second-order valence-electron chi connectivity index (χ2n) is 7.32. The zero-order chi connectivity index (χ0) is 22.9. The summed E-state index contributed by atoms with van der Waals surface area (Å²) in [6.07, 6.45) is 1.56. The van der Waals surface area contributed by atoms with Crippen LogP contribution in [0.25, 0.3) is 28.5 Å². The lowest BCUT2D eigenvalue weighted by Gasteiger charge is -2.09. The van der Waals surface area contributed by atoms with Crippen LogP contribution in [0.15, 0.2) is 76.2 Å². The van der Waals surface area contributed by atoms with Gasteiger partial charge >= 0.3 is 5.69 Å². The summed E-state index contributed by atoms with van der Waals surface area (Å²) in [5.74, 6) is 0.207. The number of carbonyl (C=O) groups excluding carboxylic acids is 1.